The minimum atomic E-state index is -0.607. The van der Waals surface area contributed by atoms with Gasteiger partial charge in [0, 0.05) is 23.6 Å². The summed E-state index contributed by atoms with van der Waals surface area (Å²) in [6, 6.07) is 15.3. The van der Waals surface area contributed by atoms with Crippen molar-refractivity contribution in [3.8, 4) is 16.9 Å². The number of nitrogens with zero attached hydrogens (tertiary/aromatic N) is 3. The number of anilines is 1. The third-order valence-corrected chi connectivity index (χ3v) is 5.11. The number of hydrogen-bond acceptors (Lipinski definition) is 5. The van der Waals surface area contributed by atoms with E-state index < -0.39 is 6.10 Å². The van der Waals surface area contributed by atoms with Gasteiger partial charge in [0.15, 0.2) is 5.65 Å². The monoisotopic (exact) mass is 418 g/mol. The van der Waals surface area contributed by atoms with Crippen molar-refractivity contribution in [1.29, 1.82) is 0 Å². The van der Waals surface area contributed by atoms with Gasteiger partial charge in [-0.1, -0.05) is 18.2 Å². The molecule has 2 aromatic heterocycles. The van der Waals surface area contributed by atoms with Crippen LogP contribution in [-0.4, -0.2) is 32.3 Å². The molecule has 0 saturated heterocycles. The number of aryl methyl sites for hydroxylation is 2. The minimum Gasteiger partial charge on any atom is -0.392 e. The molecule has 4 rings (SSSR count). The highest BCUT2D eigenvalue weighted by atomic mass is 19.1. The Balaban J connectivity index is 2.07. The number of aliphatic hydroxyl groups is 1. The zero-order chi connectivity index (χ0) is 22.1. The van der Waals surface area contributed by atoms with Gasteiger partial charge in [-0.2, -0.15) is 4.98 Å². The van der Waals surface area contributed by atoms with Crippen LogP contribution in [0.25, 0.3) is 28.0 Å². The summed E-state index contributed by atoms with van der Waals surface area (Å²) in [5.41, 5.74) is 3.90. The molecule has 158 valence electrons. The van der Waals surface area contributed by atoms with E-state index >= 15 is 0 Å². The molecule has 2 N–H and O–H groups in total. The van der Waals surface area contributed by atoms with E-state index in [9.17, 15) is 14.3 Å². The Kier molecular flexibility index (Phi) is 5.52. The highest BCUT2D eigenvalue weighted by Crippen LogP contribution is 2.30. The number of pyridine rings is 1. The second kappa shape index (κ2) is 8.28. The summed E-state index contributed by atoms with van der Waals surface area (Å²) in [6.07, 6.45) is -0.607. The largest absolute Gasteiger partial charge is 0.392 e. The maximum absolute atomic E-state index is 13.7. The maximum atomic E-state index is 13.7. The molecule has 6 nitrogen and oxygen atoms in total. The predicted octanol–water partition coefficient (Wildman–Crippen LogP) is 4.00. The van der Waals surface area contributed by atoms with Crippen LogP contribution in [0.15, 0.2) is 59.4 Å². The molecule has 0 aliphatic carbocycles. The minimum absolute atomic E-state index is 0.219. The number of para-hydroxylation sites is 1. The lowest BCUT2D eigenvalue weighted by Gasteiger charge is -2.16. The summed E-state index contributed by atoms with van der Waals surface area (Å²) in [6.45, 7) is 5.64. The number of nitrogens with one attached hydrogen (secondary N) is 1. The molecule has 0 amide bonds. The molecule has 2 heterocycles. The van der Waals surface area contributed by atoms with Crippen LogP contribution in [0.4, 0.5) is 10.3 Å². The molecule has 0 radical (unpaired) electrons. The van der Waals surface area contributed by atoms with Crippen LogP contribution < -0.4 is 10.9 Å². The summed E-state index contributed by atoms with van der Waals surface area (Å²) in [5.74, 6) is -0.0519. The first-order valence-corrected chi connectivity index (χ1v) is 10.0. The van der Waals surface area contributed by atoms with Gasteiger partial charge in [-0.05, 0) is 62.2 Å². The highest BCUT2D eigenvalue weighted by Gasteiger charge is 2.17. The van der Waals surface area contributed by atoms with Crippen molar-refractivity contribution < 1.29 is 9.50 Å². The smallest absolute Gasteiger partial charge is 0.256 e. The Labute approximate surface area is 179 Å². The first-order chi connectivity index (χ1) is 14.8. The highest BCUT2D eigenvalue weighted by molar-refractivity contribution is 5.93. The quantitative estimate of drug-likeness (QED) is 0.512. The second-order valence-electron chi connectivity index (χ2n) is 7.62. The van der Waals surface area contributed by atoms with Gasteiger partial charge in [-0.15, -0.1) is 0 Å². The molecule has 2 aromatic carbocycles. The molecule has 4 aromatic rings. The molecule has 0 fully saturated rings. The fraction of sp³-hybridized carbons (Fsp3) is 0.208. The van der Waals surface area contributed by atoms with E-state index in [4.69, 9.17) is 0 Å². The maximum Gasteiger partial charge on any atom is 0.256 e. The Morgan fingerprint density at radius 2 is 1.84 bits per heavy atom. The number of benzene rings is 2. The molecule has 31 heavy (non-hydrogen) atoms. The fourth-order valence-corrected chi connectivity index (χ4v) is 3.58. The molecule has 0 unspecified atom stereocenters. The van der Waals surface area contributed by atoms with Gasteiger partial charge in [-0.25, -0.2) is 9.37 Å². The number of aliphatic hydroxyl groups excluding tert-OH is 1. The first-order valence-electron chi connectivity index (χ1n) is 10.0. The van der Waals surface area contributed by atoms with Crippen LogP contribution in [0.1, 0.15) is 18.1 Å². The van der Waals surface area contributed by atoms with Gasteiger partial charge in [0.1, 0.15) is 5.82 Å². The SMILES string of the molecule is Cc1cc(F)ccc1-c1nc(NC[C@H](C)O)nc2c1ccc(=O)n2-c1ccccc1C. The lowest BCUT2D eigenvalue weighted by atomic mass is 10.0. The topological polar surface area (TPSA) is 80.0 Å². The van der Waals surface area contributed by atoms with Gasteiger partial charge >= 0.3 is 0 Å². The summed E-state index contributed by atoms with van der Waals surface area (Å²) < 4.78 is 15.3. The van der Waals surface area contributed by atoms with E-state index in [1.165, 1.54) is 18.2 Å². The fourth-order valence-electron chi connectivity index (χ4n) is 3.58. The van der Waals surface area contributed by atoms with Crippen molar-refractivity contribution in [2.45, 2.75) is 26.9 Å². The van der Waals surface area contributed by atoms with Gasteiger partial charge < -0.3 is 10.4 Å². The zero-order valence-corrected chi connectivity index (χ0v) is 17.6. The van der Waals surface area contributed by atoms with Gasteiger partial charge in [-0.3, -0.25) is 9.36 Å². The molecule has 0 spiro atoms. The van der Waals surface area contributed by atoms with Crippen molar-refractivity contribution in [3.05, 3.63) is 81.9 Å². The van der Waals surface area contributed by atoms with Crippen LogP contribution in [0.3, 0.4) is 0 Å². The average molecular weight is 418 g/mol. The third kappa shape index (κ3) is 4.04. The molecule has 0 saturated carbocycles. The summed E-state index contributed by atoms with van der Waals surface area (Å²) in [5, 5.41) is 13.4. The lowest BCUT2D eigenvalue weighted by molar-refractivity contribution is 0.208. The van der Waals surface area contributed by atoms with Crippen molar-refractivity contribution in [1.82, 2.24) is 14.5 Å². The predicted molar refractivity (Wildman–Crippen MR) is 120 cm³/mol. The molecule has 0 aliphatic heterocycles. The number of halogens is 1. The Bertz CT molecular complexity index is 1330. The third-order valence-electron chi connectivity index (χ3n) is 5.11. The van der Waals surface area contributed by atoms with E-state index in [0.29, 0.717) is 16.7 Å². The van der Waals surface area contributed by atoms with Crippen LogP contribution in [0.2, 0.25) is 0 Å². The zero-order valence-electron chi connectivity index (χ0n) is 17.6. The Hall–Kier alpha value is -3.58. The second-order valence-corrected chi connectivity index (χ2v) is 7.62. The summed E-state index contributed by atoms with van der Waals surface area (Å²) in [7, 11) is 0. The number of aromatic nitrogens is 3. The van der Waals surface area contributed by atoms with Crippen LogP contribution in [-0.2, 0) is 0 Å². The van der Waals surface area contributed by atoms with E-state index in [1.807, 2.05) is 38.1 Å². The molecular weight excluding hydrogens is 395 g/mol. The summed E-state index contributed by atoms with van der Waals surface area (Å²) >= 11 is 0. The van der Waals surface area contributed by atoms with Crippen molar-refractivity contribution in [2.24, 2.45) is 0 Å². The molecule has 0 aliphatic rings. The Morgan fingerprint density at radius 3 is 2.55 bits per heavy atom. The normalized spacial score (nSPS) is 12.2. The molecule has 0 bridgehead atoms. The van der Waals surface area contributed by atoms with E-state index in [1.54, 1.807) is 23.6 Å². The lowest BCUT2D eigenvalue weighted by Crippen LogP contribution is -2.21. The molecule has 7 heteroatoms. The van der Waals surface area contributed by atoms with Gasteiger partial charge in [0.05, 0.1) is 17.5 Å². The Morgan fingerprint density at radius 1 is 1.06 bits per heavy atom. The number of fused-ring (bicyclic) bond motifs is 1. The summed E-state index contributed by atoms with van der Waals surface area (Å²) in [4.78, 5) is 22.2. The van der Waals surface area contributed by atoms with Crippen LogP contribution >= 0.6 is 0 Å². The number of rotatable bonds is 5. The van der Waals surface area contributed by atoms with Crippen molar-refractivity contribution >= 4 is 17.0 Å². The van der Waals surface area contributed by atoms with Crippen molar-refractivity contribution in [3.63, 3.8) is 0 Å². The van der Waals surface area contributed by atoms with E-state index in [-0.39, 0.29) is 23.9 Å². The van der Waals surface area contributed by atoms with Gasteiger partial charge in [0.2, 0.25) is 5.95 Å². The first kappa shape index (κ1) is 20.7. The molecule has 1 atom stereocenters. The standard InChI is InChI=1S/C24H23FN4O2/c1-14-6-4-5-7-20(14)29-21(31)11-10-19-22(18-9-8-17(25)12-15(18)2)27-24(28-23(19)29)26-13-16(3)30/h4-12,16,30H,13H2,1-3H3,(H,26,27,28)/t16-/m0/s1. The van der Waals surface area contributed by atoms with Gasteiger partial charge in [0.25, 0.3) is 5.56 Å². The molecular formula is C24H23FN4O2. The van der Waals surface area contributed by atoms with E-state index in [0.717, 1.165) is 22.4 Å². The van der Waals surface area contributed by atoms with Crippen LogP contribution in [0, 0.1) is 19.7 Å². The van der Waals surface area contributed by atoms with Crippen molar-refractivity contribution in [2.75, 3.05) is 11.9 Å². The number of hydrogen-bond donors (Lipinski definition) is 2. The average Bonchev–Trinajstić information content (AvgIpc) is 2.72. The van der Waals surface area contributed by atoms with E-state index in [2.05, 4.69) is 15.3 Å². The van der Waals surface area contributed by atoms with Crippen LogP contribution in [0.5, 0.6) is 0 Å².